The Morgan fingerprint density at radius 3 is 2.33 bits per heavy atom. The Hall–Kier alpha value is -2.35. The summed E-state index contributed by atoms with van der Waals surface area (Å²) in [6.45, 7) is 1.51. The minimum absolute atomic E-state index is 0.0597. The van der Waals surface area contributed by atoms with Crippen molar-refractivity contribution in [3.8, 4) is 0 Å². The lowest BCUT2D eigenvalue weighted by Crippen LogP contribution is -2.06. The highest BCUT2D eigenvalue weighted by Crippen LogP contribution is 2.18. The number of carbonyl (C=O) groups excluding carboxylic acids is 1. The molecule has 1 N–H and O–H groups in total. The quantitative estimate of drug-likeness (QED) is 0.808. The van der Waals surface area contributed by atoms with E-state index in [4.69, 9.17) is 0 Å². The topological polar surface area (TPSA) is 29.1 Å². The molecule has 0 aliphatic carbocycles. The van der Waals surface area contributed by atoms with Crippen LogP contribution < -0.4 is 5.32 Å². The van der Waals surface area contributed by atoms with E-state index in [1.165, 1.54) is 6.92 Å². The largest absolute Gasteiger partial charge is 0.326 e. The number of carbonyl (C=O) groups is 1. The molecule has 18 heavy (non-hydrogen) atoms. The van der Waals surface area contributed by atoms with E-state index >= 15 is 0 Å². The van der Waals surface area contributed by atoms with Gasteiger partial charge in [0.1, 0.15) is 0 Å². The predicted octanol–water partition coefficient (Wildman–Crippen LogP) is 3.82. The summed E-state index contributed by atoms with van der Waals surface area (Å²) < 4.78 is 0. The van der Waals surface area contributed by atoms with Crippen molar-refractivity contribution < 1.29 is 4.79 Å². The fourth-order valence-corrected chi connectivity index (χ4v) is 1.70. The summed E-state index contributed by atoms with van der Waals surface area (Å²) in [5, 5.41) is 2.82. The number of benzene rings is 2. The molecule has 0 spiro atoms. The summed E-state index contributed by atoms with van der Waals surface area (Å²) >= 11 is 0. The monoisotopic (exact) mass is 237 g/mol. The van der Waals surface area contributed by atoms with Gasteiger partial charge in [0.2, 0.25) is 5.91 Å². The average Bonchev–Trinajstić information content (AvgIpc) is 2.38. The smallest absolute Gasteiger partial charge is 0.221 e. The minimum atomic E-state index is -0.0597. The van der Waals surface area contributed by atoms with Gasteiger partial charge in [0.15, 0.2) is 0 Å². The number of hydrogen-bond acceptors (Lipinski definition) is 1. The molecule has 0 bridgehead atoms. The van der Waals surface area contributed by atoms with Crippen molar-refractivity contribution >= 4 is 23.7 Å². The molecule has 0 aromatic heterocycles. The van der Waals surface area contributed by atoms with Crippen LogP contribution in [0.1, 0.15) is 18.1 Å². The number of rotatable bonds is 3. The summed E-state index contributed by atoms with van der Waals surface area (Å²) in [6, 6.07) is 17.8. The first-order chi connectivity index (χ1) is 8.75. The number of hydrogen-bond donors (Lipinski definition) is 1. The van der Waals surface area contributed by atoms with E-state index in [0.717, 1.165) is 16.8 Å². The van der Waals surface area contributed by atoms with Crippen LogP contribution >= 0.6 is 0 Å². The number of para-hydroxylation sites is 1. The molecule has 1 amide bonds. The van der Waals surface area contributed by atoms with Crippen LogP contribution in [0, 0.1) is 0 Å². The molecule has 2 aromatic carbocycles. The van der Waals surface area contributed by atoms with Crippen LogP contribution in [0.25, 0.3) is 12.2 Å². The predicted molar refractivity (Wildman–Crippen MR) is 76.1 cm³/mol. The number of nitrogens with one attached hydrogen (secondary N) is 1. The minimum Gasteiger partial charge on any atom is -0.326 e. The molecular formula is C16H15NO. The Labute approximate surface area is 107 Å². The second-order valence-electron chi connectivity index (χ2n) is 4.01. The van der Waals surface area contributed by atoms with E-state index in [0.29, 0.717) is 0 Å². The zero-order chi connectivity index (χ0) is 12.8. The van der Waals surface area contributed by atoms with Gasteiger partial charge in [0, 0.05) is 12.6 Å². The second kappa shape index (κ2) is 5.82. The van der Waals surface area contributed by atoms with Crippen LogP contribution in [0.3, 0.4) is 0 Å². The Balaban J connectivity index is 2.23. The van der Waals surface area contributed by atoms with Gasteiger partial charge in [0.25, 0.3) is 0 Å². The van der Waals surface area contributed by atoms with Gasteiger partial charge in [-0.15, -0.1) is 0 Å². The van der Waals surface area contributed by atoms with Gasteiger partial charge >= 0.3 is 0 Å². The van der Waals surface area contributed by atoms with Crippen LogP contribution in [0.4, 0.5) is 5.69 Å². The maximum absolute atomic E-state index is 11.1. The van der Waals surface area contributed by atoms with E-state index in [1.54, 1.807) is 0 Å². The van der Waals surface area contributed by atoms with Gasteiger partial charge in [0.05, 0.1) is 0 Å². The fraction of sp³-hybridized carbons (Fsp3) is 0.0625. The lowest BCUT2D eigenvalue weighted by molar-refractivity contribution is -0.114. The lowest BCUT2D eigenvalue weighted by Gasteiger charge is -2.05. The molecule has 0 aliphatic heterocycles. The van der Waals surface area contributed by atoms with E-state index in [9.17, 15) is 4.79 Å². The highest BCUT2D eigenvalue weighted by atomic mass is 16.1. The van der Waals surface area contributed by atoms with Crippen molar-refractivity contribution in [3.05, 3.63) is 65.7 Å². The summed E-state index contributed by atoms with van der Waals surface area (Å²) in [7, 11) is 0. The fourth-order valence-electron chi connectivity index (χ4n) is 1.70. The maximum Gasteiger partial charge on any atom is 0.221 e. The SMILES string of the molecule is CC(=O)Nc1ccccc1/C=C/c1ccccc1. The zero-order valence-electron chi connectivity index (χ0n) is 10.3. The average molecular weight is 237 g/mol. The highest BCUT2D eigenvalue weighted by molar-refractivity contribution is 5.92. The number of anilines is 1. The van der Waals surface area contributed by atoms with E-state index in [2.05, 4.69) is 5.32 Å². The van der Waals surface area contributed by atoms with Gasteiger partial charge in [-0.3, -0.25) is 4.79 Å². The molecule has 0 heterocycles. The van der Waals surface area contributed by atoms with Crippen molar-refractivity contribution in [2.24, 2.45) is 0 Å². The van der Waals surface area contributed by atoms with Gasteiger partial charge in [-0.2, -0.15) is 0 Å². The Bertz CT molecular complexity index is 558. The third-order valence-corrected chi connectivity index (χ3v) is 2.53. The summed E-state index contributed by atoms with van der Waals surface area (Å²) in [5.74, 6) is -0.0597. The number of amides is 1. The molecule has 0 aliphatic rings. The molecule has 2 heteroatoms. The third kappa shape index (κ3) is 3.32. The Kier molecular flexibility index (Phi) is 3.92. The Morgan fingerprint density at radius 1 is 0.944 bits per heavy atom. The standard InChI is InChI=1S/C16H15NO/c1-13(18)17-16-10-6-5-9-15(16)12-11-14-7-3-2-4-8-14/h2-12H,1H3,(H,17,18)/b12-11+. The van der Waals surface area contributed by atoms with Crippen LogP contribution in [-0.4, -0.2) is 5.91 Å². The Morgan fingerprint density at radius 2 is 1.61 bits per heavy atom. The molecule has 0 saturated heterocycles. The van der Waals surface area contributed by atoms with Crippen LogP contribution in [0.5, 0.6) is 0 Å². The third-order valence-electron chi connectivity index (χ3n) is 2.53. The summed E-state index contributed by atoms with van der Waals surface area (Å²) in [4.78, 5) is 11.1. The van der Waals surface area contributed by atoms with Crippen molar-refractivity contribution in [1.82, 2.24) is 0 Å². The van der Waals surface area contributed by atoms with E-state index in [1.807, 2.05) is 66.7 Å². The van der Waals surface area contributed by atoms with Gasteiger partial charge < -0.3 is 5.32 Å². The van der Waals surface area contributed by atoms with Crippen molar-refractivity contribution in [2.45, 2.75) is 6.92 Å². The van der Waals surface area contributed by atoms with Gasteiger partial charge in [-0.1, -0.05) is 60.7 Å². The van der Waals surface area contributed by atoms with Gasteiger partial charge in [-0.05, 0) is 17.2 Å². The first kappa shape index (κ1) is 12.1. The molecule has 0 unspecified atom stereocenters. The molecule has 0 fully saturated rings. The molecule has 90 valence electrons. The molecule has 2 aromatic rings. The molecule has 0 atom stereocenters. The molecule has 2 nitrogen and oxygen atoms in total. The zero-order valence-corrected chi connectivity index (χ0v) is 10.3. The van der Waals surface area contributed by atoms with Crippen LogP contribution in [0.2, 0.25) is 0 Å². The van der Waals surface area contributed by atoms with Crippen molar-refractivity contribution in [2.75, 3.05) is 5.32 Å². The normalized spacial score (nSPS) is 10.5. The second-order valence-corrected chi connectivity index (χ2v) is 4.01. The van der Waals surface area contributed by atoms with E-state index in [-0.39, 0.29) is 5.91 Å². The van der Waals surface area contributed by atoms with Gasteiger partial charge in [-0.25, -0.2) is 0 Å². The van der Waals surface area contributed by atoms with Crippen LogP contribution in [0.15, 0.2) is 54.6 Å². The summed E-state index contributed by atoms with van der Waals surface area (Å²) in [6.07, 6.45) is 4.03. The first-order valence-electron chi connectivity index (χ1n) is 5.85. The molecule has 0 saturated carbocycles. The van der Waals surface area contributed by atoms with Crippen LogP contribution in [-0.2, 0) is 4.79 Å². The van der Waals surface area contributed by atoms with E-state index < -0.39 is 0 Å². The molecule has 0 radical (unpaired) electrons. The summed E-state index contributed by atoms with van der Waals surface area (Å²) in [5.41, 5.74) is 2.96. The van der Waals surface area contributed by atoms with Crippen molar-refractivity contribution in [3.63, 3.8) is 0 Å². The van der Waals surface area contributed by atoms with Crippen molar-refractivity contribution in [1.29, 1.82) is 0 Å². The lowest BCUT2D eigenvalue weighted by atomic mass is 10.1. The molecular weight excluding hydrogens is 222 g/mol. The highest BCUT2D eigenvalue weighted by Gasteiger charge is 1.99. The first-order valence-corrected chi connectivity index (χ1v) is 5.85. The molecule has 2 rings (SSSR count). The maximum atomic E-state index is 11.1.